The van der Waals surface area contributed by atoms with Gasteiger partial charge in [0.05, 0.1) is 23.4 Å². The zero-order chi connectivity index (χ0) is 22.7. The van der Waals surface area contributed by atoms with Crippen molar-refractivity contribution < 1.29 is 14.3 Å². The SMILES string of the molecule is CC(C)(Oc1ccc(Cl)cc1)C(=O)N(CCN1CCOCC1)c1nc2ccc(Cl)cc2s1. The maximum Gasteiger partial charge on any atom is 0.272 e. The van der Waals surface area contributed by atoms with Crippen LogP contribution in [0.4, 0.5) is 5.13 Å². The molecule has 0 aliphatic carbocycles. The summed E-state index contributed by atoms with van der Waals surface area (Å²) in [6.07, 6.45) is 0. The molecule has 2 aromatic carbocycles. The highest BCUT2D eigenvalue weighted by Crippen LogP contribution is 2.32. The fourth-order valence-electron chi connectivity index (χ4n) is 3.52. The third kappa shape index (κ3) is 5.53. The highest BCUT2D eigenvalue weighted by atomic mass is 35.5. The molecule has 1 aliphatic heterocycles. The Morgan fingerprint density at radius 2 is 1.84 bits per heavy atom. The Balaban J connectivity index is 1.60. The monoisotopic (exact) mass is 493 g/mol. The van der Waals surface area contributed by atoms with E-state index in [0.717, 1.165) is 29.9 Å². The summed E-state index contributed by atoms with van der Waals surface area (Å²) >= 11 is 13.6. The van der Waals surface area contributed by atoms with Crippen molar-refractivity contribution in [2.24, 2.45) is 0 Å². The highest BCUT2D eigenvalue weighted by molar-refractivity contribution is 7.22. The third-order valence-corrected chi connectivity index (χ3v) is 6.79. The molecular formula is C23H25Cl2N3O3S. The average molecular weight is 494 g/mol. The van der Waals surface area contributed by atoms with E-state index < -0.39 is 5.60 Å². The van der Waals surface area contributed by atoms with Gasteiger partial charge in [0.2, 0.25) is 0 Å². The van der Waals surface area contributed by atoms with Crippen molar-refractivity contribution in [1.82, 2.24) is 9.88 Å². The molecule has 32 heavy (non-hydrogen) atoms. The van der Waals surface area contributed by atoms with Gasteiger partial charge in [0.15, 0.2) is 10.7 Å². The number of nitrogens with zero attached hydrogens (tertiary/aromatic N) is 3. The highest BCUT2D eigenvalue weighted by Gasteiger charge is 2.36. The van der Waals surface area contributed by atoms with E-state index in [1.54, 1.807) is 49.1 Å². The summed E-state index contributed by atoms with van der Waals surface area (Å²) in [6, 6.07) is 12.6. The molecule has 0 atom stereocenters. The smallest absolute Gasteiger partial charge is 0.272 e. The van der Waals surface area contributed by atoms with E-state index in [0.29, 0.717) is 40.7 Å². The van der Waals surface area contributed by atoms with Crippen molar-refractivity contribution in [2.75, 3.05) is 44.3 Å². The number of morpholine rings is 1. The molecule has 9 heteroatoms. The number of benzene rings is 2. The van der Waals surface area contributed by atoms with Crippen molar-refractivity contribution in [3.63, 3.8) is 0 Å². The van der Waals surface area contributed by atoms with Crippen LogP contribution < -0.4 is 9.64 Å². The second kappa shape index (κ2) is 9.93. The van der Waals surface area contributed by atoms with Gasteiger partial charge >= 0.3 is 0 Å². The summed E-state index contributed by atoms with van der Waals surface area (Å²) < 4.78 is 12.5. The van der Waals surface area contributed by atoms with Crippen molar-refractivity contribution in [3.8, 4) is 5.75 Å². The number of hydrogen-bond donors (Lipinski definition) is 0. The predicted octanol–water partition coefficient (Wildman–Crippen LogP) is 5.13. The zero-order valence-electron chi connectivity index (χ0n) is 18.0. The minimum atomic E-state index is -1.10. The molecule has 1 fully saturated rings. The van der Waals surface area contributed by atoms with Crippen LogP contribution in [0, 0.1) is 0 Å². The molecule has 1 aliphatic rings. The molecule has 1 aromatic heterocycles. The Bertz CT molecular complexity index is 1080. The molecule has 1 amide bonds. The molecule has 170 valence electrons. The molecule has 0 bridgehead atoms. The van der Waals surface area contributed by atoms with Crippen LogP contribution in [-0.4, -0.2) is 60.8 Å². The standard InChI is InChI=1S/C23H25Cl2N3O3S/c1-23(2,31-18-6-3-16(24)4-7-18)21(29)28(10-9-27-11-13-30-14-12-27)22-26-19-8-5-17(25)15-20(19)32-22/h3-8,15H,9-14H2,1-2H3. The van der Waals surface area contributed by atoms with E-state index in [9.17, 15) is 4.79 Å². The number of halogens is 2. The van der Waals surface area contributed by atoms with Gasteiger partial charge in [-0.2, -0.15) is 0 Å². The summed E-state index contributed by atoms with van der Waals surface area (Å²) in [4.78, 5) is 22.5. The van der Waals surface area contributed by atoms with Crippen LogP contribution in [0.2, 0.25) is 10.0 Å². The van der Waals surface area contributed by atoms with Crippen LogP contribution in [0.3, 0.4) is 0 Å². The number of ether oxygens (including phenoxy) is 2. The summed E-state index contributed by atoms with van der Waals surface area (Å²) in [5.41, 5.74) is -0.288. The van der Waals surface area contributed by atoms with E-state index in [1.165, 1.54) is 11.3 Å². The number of carbonyl (C=O) groups excluding carboxylic acids is 1. The number of thiazole rings is 1. The lowest BCUT2D eigenvalue weighted by Gasteiger charge is -2.33. The largest absolute Gasteiger partial charge is 0.478 e. The number of hydrogen-bond acceptors (Lipinski definition) is 6. The molecule has 0 unspecified atom stereocenters. The van der Waals surface area contributed by atoms with Crippen LogP contribution in [0.1, 0.15) is 13.8 Å². The first-order valence-corrected chi connectivity index (χ1v) is 12.0. The third-order valence-electron chi connectivity index (χ3n) is 5.26. The number of carbonyl (C=O) groups is 1. The number of aromatic nitrogens is 1. The number of rotatable bonds is 7. The lowest BCUT2D eigenvalue weighted by atomic mass is 10.1. The van der Waals surface area contributed by atoms with Crippen LogP contribution >= 0.6 is 34.5 Å². The van der Waals surface area contributed by atoms with Crippen molar-refractivity contribution in [2.45, 2.75) is 19.4 Å². The van der Waals surface area contributed by atoms with Gasteiger partial charge in [-0.15, -0.1) is 0 Å². The molecule has 0 saturated carbocycles. The second-order valence-electron chi connectivity index (χ2n) is 8.09. The topological polar surface area (TPSA) is 54.9 Å². The lowest BCUT2D eigenvalue weighted by Crippen LogP contribution is -2.51. The number of fused-ring (bicyclic) bond motifs is 1. The van der Waals surface area contributed by atoms with Gasteiger partial charge in [0, 0.05) is 36.2 Å². The minimum absolute atomic E-state index is 0.161. The summed E-state index contributed by atoms with van der Waals surface area (Å²) in [5.74, 6) is 0.419. The van der Waals surface area contributed by atoms with Gasteiger partial charge in [-0.25, -0.2) is 4.98 Å². The normalized spacial score (nSPS) is 15.1. The Hall–Kier alpha value is -1.90. The first kappa shape index (κ1) is 23.3. The Morgan fingerprint density at radius 3 is 2.56 bits per heavy atom. The first-order chi connectivity index (χ1) is 15.3. The Kier molecular flexibility index (Phi) is 7.22. The fraction of sp³-hybridized carbons (Fsp3) is 0.391. The van der Waals surface area contributed by atoms with Gasteiger partial charge in [0.25, 0.3) is 5.91 Å². The maximum atomic E-state index is 13.7. The fourth-order valence-corrected chi connectivity index (χ4v) is 4.91. The van der Waals surface area contributed by atoms with Crippen molar-refractivity contribution in [1.29, 1.82) is 0 Å². The van der Waals surface area contributed by atoms with Gasteiger partial charge in [-0.3, -0.25) is 14.6 Å². The zero-order valence-corrected chi connectivity index (χ0v) is 20.3. The Labute approximate surface area is 201 Å². The van der Waals surface area contributed by atoms with Gasteiger partial charge in [0.1, 0.15) is 5.75 Å². The average Bonchev–Trinajstić information content (AvgIpc) is 3.19. The molecule has 0 radical (unpaired) electrons. The van der Waals surface area contributed by atoms with E-state index in [-0.39, 0.29) is 5.91 Å². The predicted molar refractivity (Wildman–Crippen MR) is 130 cm³/mol. The van der Waals surface area contributed by atoms with E-state index in [2.05, 4.69) is 4.90 Å². The molecule has 0 N–H and O–H groups in total. The second-order valence-corrected chi connectivity index (χ2v) is 9.97. The van der Waals surface area contributed by atoms with Gasteiger partial charge in [-0.1, -0.05) is 34.5 Å². The van der Waals surface area contributed by atoms with E-state index in [4.69, 9.17) is 37.7 Å². The summed E-state index contributed by atoms with van der Waals surface area (Å²) in [6.45, 7) is 7.89. The van der Waals surface area contributed by atoms with Crippen molar-refractivity contribution >= 4 is 55.8 Å². The molecule has 4 rings (SSSR count). The number of amides is 1. The van der Waals surface area contributed by atoms with Crippen LogP contribution in [0.15, 0.2) is 42.5 Å². The van der Waals surface area contributed by atoms with Crippen molar-refractivity contribution in [3.05, 3.63) is 52.5 Å². The molecule has 0 spiro atoms. The molecule has 1 saturated heterocycles. The minimum Gasteiger partial charge on any atom is -0.478 e. The van der Waals surface area contributed by atoms with E-state index in [1.807, 2.05) is 12.1 Å². The quantitative estimate of drug-likeness (QED) is 0.456. The molecular weight excluding hydrogens is 469 g/mol. The molecule has 3 aromatic rings. The first-order valence-electron chi connectivity index (χ1n) is 10.4. The van der Waals surface area contributed by atoms with Gasteiger partial charge in [-0.05, 0) is 56.3 Å². The summed E-state index contributed by atoms with van der Waals surface area (Å²) in [7, 11) is 0. The number of anilines is 1. The summed E-state index contributed by atoms with van der Waals surface area (Å²) in [5, 5.41) is 1.89. The maximum absolute atomic E-state index is 13.7. The van der Waals surface area contributed by atoms with Crippen LogP contribution in [-0.2, 0) is 9.53 Å². The molecule has 6 nitrogen and oxygen atoms in total. The Morgan fingerprint density at radius 1 is 1.16 bits per heavy atom. The van der Waals surface area contributed by atoms with E-state index >= 15 is 0 Å². The van der Waals surface area contributed by atoms with Crippen LogP contribution in [0.25, 0.3) is 10.2 Å². The van der Waals surface area contributed by atoms with Gasteiger partial charge < -0.3 is 9.47 Å². The lowest BCUT2D eigenvalue weighted by molar-refractivity contribution is -0.131. The van der Waals surface area contributed by atoms with Crippen LogP contribution in [0.5, 0.6) is 5.75 Å². The molecule has 2 heterocycles.